The molecule has 0 aromatic rings. The van der Waals surface area contributed by atoms with Crippen LogP contribution in [-0.4, -0.2) is 87.5 Å². The average molecular weight is 944 g/mol. The van der Waals surface area contributed by atoms with Crippen molar-refractivity contribution < 1.29 is 39.8 Å². The topological polar surface area (TPSA) is 149 Å². The van der Waals surface area contributed by atoms with Gasteiger partial charge in [0.1, 0.15) is 24.4 Å². The quantitative estimate of drug-likeness (QED) is 0.0261. The Hall–Kier alpha value is -2.11. The molecule has 0 spiro atoms. The van der Waals surface area contributed by atoms with Crippen LogP contribution in [0.1, 0.15) is 245 Å². The number of ether oxygens (including phenoxy) is 2. The molecule has 1 saturated heterocycles. The van der Waals surface area contributed by atoms with Crippen LogP contribution in [0.3, 0.4) is 0 Å². The van der Waals surface area contributed by atoms with E-state index in [4.69, 9.17) is 9.47 Å². The Morgan fingerprint density at radius 1 is 0.507 bits per heavy atom. The molecule has 0 saturated carbocycles. The molecule has 0 aliphatic carbocycles. The van der Waals surface area contributed by atoms with Gasteiger partial charge in [0, 0.05) is 6.42 Å². The monoisotopic (exact) mass is 944 g/mol. The highest BCUT2D eigenvalue weighted by Crippen LogP contribution is 2.23. The third-order valence-electron chi connectivity index (χ3n) is 13.1. The fraction of sp³-hybridized carbons (Fsp3) is 0.810. The molecular formula is C58H105NO8. The normalized spacial score (nSPS) is 20.1. The van der Waals surface area contributed by atoms with Crippen LogP contribution in [0.2, 0.25) is 0 Å². The van der Waals surface area contributed by atoms with Crippen LogP contribution in [0.15, 0.2) is 60.8 Å². The minimum atomic E-state index is -1.57. The van der Waals surface area contributed by atoms with E-state index in [1.807, 2.05) is 6.08 Å². The maximum atomic E-state index is 13.0. The van der Waals surface area contributed by atoms with Crippen molar-refractivity contribution in [3.05, 3.63) is 60.8 Å². The number of aliphatic hydroxyl groups is 5. The highest BCUT2D eigenvalue weighted by Gasteiger charge is 2.44. The molecule has 1 amide bonds. The molecule has 0 bridgehead atoms. The maximum absolute atomic E-state index is 13.0. The molecule has 6 N–H and O–H groups in total. The zero-order valence-corrected chi connectivity index (χ0v) is 43.1. The highest BCUT2D eigenvalue weighted by atomic mass is 16.7. The van der Waals surface area contributed by atoms with Crippen LogP contribution in [0.25, 0.3) is 0 Å². The first-order valence-electron chi connectivity index (χ1n) is 28.0. The molecule has 1 aliphatic rings. The number of allylic oxidation sites excluding steroid dienone is 9. The molecule has 0 aromatic heterocycles. The predicted octanol–water partition coefficient (Wildman–Crippen LogP) is 13.5. The summed E-state index contributed by atoms with van der Waals surface area (Å²) in [5.74, 6) is -0.188. The second-order valence-corrected chi connectivity index (χ2v) is 19.4. The molecule has 1 aliphatic heterocycles. The molecule has 9 heteroatoms. The number of carbonyl (C=O) groups is 1. The number of hydrogen-bond acceptors (Lipinski definition) is 8. The van der Waals surface area contributed by atoms with Gasteiger partial charge in [-0.1, -0.05) is 229 Å². The van der Waals surface area contributed by atoms with Gasteiger partial charge in [-0.2, -0.15) is 0 Å². The summed E-state index contributed by atoms with van der Waals surface area (Å²) in [6, 6.07) is -0.820. The first kappa shape index (κ1) is 62.9. The molecule has 0 aromatic carbocycles. The van der Waals surface area contributed by atoms with Gasteiger partial charge >= 0.3 is 0 Å². The summed E-state index contributed by atoms with van der Waals surface area (Å²) in [5.41, 5.74) is 0. The van der Waals surface area contributed by atoms with Crippen LogP contribution in [0, 0.1) is 0 Å². The number of unbranched alkanes of at least 4 members (excludes halogenated alkanes) is 29. The van der Waals surface area contributed by atoms with Gasteiger partial charge in [0.2, 0.25) is 5.91 Å². The summed E-state index contributed by atoms with van der Waals surface area (Å²) in [5, 5.41) is 54.1. The van der Waals surface area contributed by atoms with E-state index >= 15 is 0 Å². The van der Waals surface area contributed by atoms with E-state index in [9.17, 15) is 30.3 Å². The highest BCUT2D eigenvalue weighted by molar-refractivity contribution is 5.76. The average Bonchev–Trinajstić information content (AvgIpc) is 3.33. The second-order valence-electron chi connectivity index (χ2n) is 19.4. The summed E-state index contributed by atoms with van der Waals surface area (Å²) in [7, 11) is 0. The second kappa shape index (κ2) is 47.6. The van der Waals surface area contributed by atoms with Crippen molar-refractivity contribution >= 4 is 5.91 Å². The van der Waals surface area contributed by atoms with Gasteiger partial charge in [-0.3, -0.25) is 4.79 Å². The Kier molecular flexibility index (Phi) is 44.7. The minimum absolute atomic E-state index is 0.188. The van der Waals surface area contributed by atoms with Gasteiger partial charge in [-0.25, -0.2) is 0 Å². The number of rotatable bonds is 47. The van der Waals surface area contributed by atoms with Crippen molar-refractivity contribution in [3.63, 3.8) is 0 Å². The van der Waals surface area contributed by atoms with Gasteiger partial charge in [-0.05, 0) is 70.6 Å². The van der Waals surface area contributed by atoms with E-state index < -0.39 is 49.5 Å². The lowest BCUT2D eigenvalue weighted by molar-refractivity contribution is -0.302. The minimum Gasteiger partial charge on any atom is -0.394 e. The molecule has 9 nitrogen and oxygen atoms in total. The van der Waals surface area contributed by atoms with E-state index in [1.54, 1.807) is 6.08 Å². The fourth-order valence-corrected chi connectivity index (χ4v) is 8.59. The number of aliphatic hydroxyl groups excluding tert-OH is 5. The van der Waals surface area contributed by atoms with Crippen LogP contribution in [-0.2, 0) is 14.3 Å². The van der Waals surface area contributed by atoms with Crippen molar-refractivity contribution in [2.75, 3.05) is 13.2 Å². The van der Waals surface area contributed by atoms with Crippen LogP contribution in [0.4, 0.5) is 0 Å². The number of nitrogens with one attached hydrogen (secondary N) is 1. The number of amides is 1. The lowest BCUT2D eigenvalue weighted by Gasteiger charge is -2.40. The number of hydrogen-bond donors (Lipinski definition) is 6. The zero-order chi connectivity index (χ0) is 48.7. The molecule has 67 heavy (non-hydrogen) atoms. The van der Waals surface area contributed by atoms with Crippen molar-refractivity contribution in [2.24, 2.45) is 0 Å². The van der Waals surface area contributed by atoms with Gasteiger partial charge < -0.3 is 40.3 Å². The lowest BCUT2D eigenvalue weighted by Crippen LogP contribution is -2.60. The molecule has 0 radical (unpaired) electrons. The van der Waals surface area contributed by atoms with E-state index in [0.29, 0.717) is 6.42 Å². The predicted molar refractivity (Wildman–Crippen MR) is 281 cm³/mol. The summed E-state index contributed by atoms with van der Waals surface area (Å²) < 4.78 is 11.2. The van der Waals surface area contributed by atoms with E-state index in [1.165, 1.54) is 173 Å². The van der Waals surface area contributed by atoms with E-state index in [2.05, 4.69) is 67.8 Å². The van der Waals surface area contributed by atoms with Crippen molar-refractivity contribution in [2.45, 2.75) is 288 Å². The first-order chi connectivity index (χ1) is 32.8. The molecule has 1 heterocycles. The van der Waals surface area contributed by atoms with Gasteiger partial charge in [0.05, 0.1) is 25.4 Å². The molecular weight excluding hydrogens is 839 g/mol. The SMILES string of the molecule is CCCCC/C=C/CC/C=C/C(O)C(COC1OC(CO)C(O)C(O)C1O)NC(=O)CCCCCCCCCCCCCCCCCCCCCC/C=C\C/C=C\C/C=C\CCCCCCC. The molecule has 1 fully saturated rings. The first-order valence-corrected chi connectivity index (χ1v) is 28.0. The van der Waals surface area contributed by atoms with E-state index in [-0.39, 0.29) is 12.5 Å². The van der Waals surface area contributed by atoms with Crippen LogP contribution in [0.5, 0.6) is 0 Å². The molecule has 390 valence electrons. The Bertz CT molecular complexity index is 1230. The Labute approximate surface area is 411 Å². The molecule has 7 unspecified atom stereocenters. The van der Waals surface area contributed by atoms with Crippen molar-refractivity contribution in [1.29, 1.82) is 0 Å². The van der Waals surface area contributed by atoms with Crippen molar-refractivity contribution in [1.82, 2.24) is 5.32 Å². The lowest BCUT2D eigenvalue weighted by atomic mass is 9.99. The van der Waals surface area contributed by atoms with Crippen LogP contribution >= 0.6 is 0 Å². The van der Waals surface area contributed by atoms with Crippen molar-refractivity contribution in [3.8, 4) is 0 Å². The Balaban J connectivity index is 2.06. The largest absolute Gasteiger partial charge is 0.394 e. The molecule has 7 atom stereocenters. The maximum Gasteiger partial charge on any atom is 0.220 e. The third kappa shape index (κ3) is 37.4. The van der Waals surface area contributed by atoms with Gasteiger partial charge in [0.25, 0.3) is 0 Å². The third-order valence-corrected chi connectivity index (χ3v) is 13.1. The summed E-state index contributed by atoms with van der Waals surface area (Å²) in [6.45, 7) is 3.69. The smallest absolute Gasteiger partial charge is 0.220 e. The number of carbonyl (C=O) groups excluding carboxylic acids is 1. The Morgan fingerprint density at radius 2 is 0.896 bits per heavy atom. The molecule has 1 rings (SSSR count). The van der Waals surface area contributed by atoms with Gasteiger partial charge in [0.15, 0.2) is 6.29 Å². The fourth-order valence-electron chi connectivity index (χ4n) is 8.59. The van der Waals surface area contributed by atoms with Crippen LogP contribution < -0.4 is 5.32 Å². The van der Waals surface area contributed by atoms with Gasteiger partial charge in [-0.15, -0.1) is 0 Å². The zero-order valence-electron chi connectivity index (χ0n) is 43.1. The summed E-state index contributed by atoms with van der Waals surface area (Å²) in [4.78, 5) is 13.0. The summed E-state index contributed by atoms with van der Waals surface area (Å²) >= 11 is 0. The summed E-state index contributed by atoms with van der Waals surface area (Å²) in [6.07, 6.45) is 57.5. The Morgan fingerprint density at radius 3 is 1.39 bits per heavy atom. The standard InChI is InChI=1S/C58H105NO8/c1-3-5-7-9-11-13-14-15-16-17-18-19-20-21-22-23-24-25-26-27-28-29-30-31-32-33-34-35-36-37-38-40-42-44-46-48-54(62)59-51(52(61)47-45-43-41-39-12-10-8-6-4-2)50-66-58-57(65)56(64)55(63)53(49-60)67-58/h12,14-15,17-18,20-21,39,45,47,51-53,55-58,60-61,63-65H,3-11,13,16,19,22-38,40-44,46,48-50H2,1-2H3,(H,59,62)/b15-14-,18-17-,21-20-,39-12+,47-45+. The van der Waals surface area contributed by atoms with E-state index in [0.717, 1.165) is 51.4 Å².